The molecule has 0 bridgehead atoms. The van der Waals surface area contributed by atoms with Gasteiger partial charge in [-0.25, -0.2) is 4.79 Å². The third-order valence-electron chi connectivity index (χ3n) is 3.29. The number of carboxylic acids is 1. The topological polar surface area (TPSA) is 40.5 Å². The molecular formula is C13H17NO2. The molecule has 1 unspecified atom stereocenters. The Morgan fingerprint density at radius 1 is 1.56 bits per heavy atom. The number of carbonyl (C=O) groups is 1. The third-order valence-corrected chi connectivity index (χ3v) is 3.29. The molecule has 86 valence electrons. The quantitative estimate of drug-likeness (QED) is 0.849. The average molecular weight is 219 g/mol. The predicted molar refractivity (Wildman–Crippen MR) is 62.6 cm³/mol. The van der Waals surface area contributed by atoms with Crippen LogP contribution in [0.4, 0.5) is 0 Å². The number of hydrogen-bond acceptors (Lipinski definition) is 2. The first-order valence-electron chi connectivity index (χ1n) is 5.79. The van der Waals surface area contributed by atoms with Crippen molar-refractivity contribution in [3.63, 3.8) is 0 Å². The maximum absolute atomic E-state index is 10.9. The van der Waals surface area contributed by atoms with Crippen LogP contribution in [0, 0.1) is 0 Å². The molecule has 1 fully saturated rings. The van der Waals surface area contributed by atoms with Crippen molar-refractivity contribution in [1.82, 2.24) is 4.90 Å². The van der Waals surface area contributed by atoms with Gasteiger partial charge >= 0.3 is 5.97 Å². The van der Waals surface area contributed by atoms with Crippen LogP contribution in [0.25, 0.3) is 0 Å². The summed E-state index contributed by atoms with van der Waals surface area (Å²) >= 11 is 0. The highest BCUT2D eigenvalue weighted by atomic mass is 16.4. The van der Waals surface area contributed by atoms with Gasteiger partial charge in [0.05, 0.1) is 5.56 Å². The number of aromatic carboxylic acids is 1. The van der Waals surface area contributed by atoms with Crippen LogP contribution in [0.1, 0.15) is 41.7 Å². The molecule has 1 aliphatic heterocycles. The molecule has 1 aliphatic rings. The van der Waals surface area contributed by atoms with Crippen molar-refractivity contribution in [3.05, 3.63) is 35.4 Å². The van der Waals surface area contributed by atoms with Gasteiger partial charge < -0.3 is 5.11 Å². The Balaban J connectivity index is 2.26. The molecule has 1 aromatic carbocycles. The molecule has 1 N–H and O–H groups in total. The van der Waals surface area contributed by atoms with E-state index in [4.69, 9.17) is 5.11 Å². The van der Waals surface area contributed by atoms with E-state index >= 15 is 0 Å². The number of benzene rings is 1. The van der Waals surface area contributed by atoms with E-state index in [-0.39, 0.29) is 0 Å². The lowest BCUT2D eigenvalue weighted by Gasteiger charge is -2.23. The molecule has 1 heterocycles. The minimum atomic E-state index is -0.845. The summed E-state index contributed by atoms with van der Waals surface area (Å²) < 4.78 is 0. The molecule has 0 aromatic heterocycles. The lowest BCUT2D eigenvalue weighted by Crippen LogP contribution is -2.22. The monoisotopic (exact) mass is 219 g/mol. The molecule has 0 spiro atoms. The van der Waals surface area contributed by atoms with Gasteiger partial charge in [-0.2, -0.15) is 0 Å². The van der Waals surface area contributed by atoms with Crippen molar-refractivity contribution >= 4 is 5.97 Å². The molecule has 1 atom stereocenters. The van der Waals surface area contributed by atoms with Gasteiger partial charge in [-0.15, -0.1) is 0 Å². The summed E-state index contributed by atoms with van der Waals surface area (Å²) in [4.78, 5) is 13.3. The minimum absolute atomic E-state index is 0.389. The molecule has 3 heteroatoms. The normalized spacial score (nSPS) is 21.2. The summed E-state index contributed by atoms with van der Waals surface area (Å²) in [5, 5.41) is 8.96. The van der Waals surface area contributed by atoms with E-state index in [0.717, 1.165) is 25.1 Å². The highest BCUT2D eigenvalue weighted by Crippen LogP contribution is 2.31. The number of rotatable bonds is 3. The first-order chi connectivity index (χ1) is 7.72. The summed E-state index contributed by atoms with van der Waals surface area (Å²) in [6.45, 7) is 4.31. The average Bonchev–Trinajstić information content (AvgIpc) is 2.77. The van der Waals surface area contributed by atoms with Crippen LogP contribution in [0.5, 0.6) is 0 Å². The molecule has 16 heavy (non-hydrogen) atoms. The predicted octanol–water partition coefficient (Wildman–Crippen LogP) is 2.54. The fourth-order valence-corrected chi connectivity index (χ4v) is 2.46. The van der Waals surface area contributed by atoms with Crippen molar-refractivity contribution in [1.29, 1.82) is 0 Å². The van der Waals surface area contributed by atoms with E-state index < -0.39 is 5.97 Å². The second-order valence-corrected chi connectivity index (χ2v) is 4.22. The van der Waals surface area contributed by atoms with Crippen LogP contribution in [0.3, 0.4) is 0 Å². The lowest BCUT2D eigenvalue weighted by molar-refractivity contribution is 0.0696. The summed E-state index contributed by atoms with van der Waals surface area (Å²) in [6, 6.07) is 7.73. The minimum Gasteiger partial charge on any atom is -0.478 e. The van der Waals surface area contributed by atoms with Gasteiger partial charge in [0.2, 0.25) is 0 Å². The Kier molecular flexibility index (Phi) is 3.25. The number of likely N-dealkylation sites (tertiary alicyclic amines) is 1. The maximum Gasteiger partial charge on any atom is 0.335 e. The Morgan fingerprint density at radius 3 is 3.06 bits per heavy atom. The van der Waals surface area contributed by atoms with Gasteiger partial charge in [0.1, 0.15) is 0 Å². The van der Waals surface area contributed by atoms with Gasteiger partial charge in [-0.05, 0) is 43.6 Å². The van der Waals surface area contributed by atoms with E-state index in [1.807, 2.05) is 12.1 Å². The van der Waals surface area contributed by atoms with Crippen molar-refractivity contribution in [2.24, 2.45) is 0 Å². The second-order valence-electron chi connectivity index (χ2n) is 4.22. The molecule has 0 radical (unpaired) electrons. The van der Waals surface area contributed by atoms with E-state index in [0.29, 0.717) is 11.6 Å². The first kappa shape index (κ1) is 11.1. The number of nitrogens with zero attached hydrogens (tertiary/aromatic N) is 1. The summed E-state index contributed by atoms with van der Waals surface area (Å²) in [7, 11) is 0. The van der Waals surface area contributed by atoms with Crippen molar-refractivity contribution in [2.75, 3.05) is 13.1 Å². The standard InChI is InChI=1S/C13H17NO2/c1-2-14-8-4-7-12(14)10-5-3-6-11(9-10)13(15)16/h3,5-6,9,12H,2,4,7-8H2,1H3,(H,15,16). The Hall–Kier alpha value is -1.35. The zero-order valence-corrected chi connectivity index (χ0v) is 9.52. The smallest absolute Gasteiger partial charge is 0.335 e. The maximum atomic E-state index is 10.9. The van der Waals surface area contributed by atoms with Crippen LogP contribution in [0.15, 0.2) is 24.3 Å². The van der Waals surface area contributed by atoms with Crippen molar-refractivity contribution in [3.8, 4) is 0 Å². The van der Waals surface area contributed by atoms with E-state index in [9.17, 15) is 4.79 Å². The van der Waals surface area contributed by atoms with E-state index in [1.54, 1.807) is 12.1 Å². The van der Waals surface area contributed by atoms with Gasteiger partial charge in [0.25, 0.3) is 0 Å². The fourth-order valence-electron chi connectivity index (χ4n) is 2.46. The van der Waals surface area contributed by atoms with E-state index in [2.05, 4.69) is 11.8 Å². The Bertz CT molecular complexity index is 389. The molecule has 1 aromatic rings. The largest absolute Gasteiger partial charge is 0.478 e. The summed E-state index contributed by atoms with van der Waals surface area (Å²) in [5.74, 6) is -0.845. The Morgan fingerprint density at radius 2 is 2.38 bits per heavy atom. The van der Waals surface area contributed by atoms with Gasteiger partial charge in [0, 0.05) is 6.04 Å². The number of carboxylic acid groups (broad SMARTS) is 1. The molecule has 2 rings (SSSR count). The number of hydrogen-bond donors (Lipinski definition) is 1. The molecule has 3 nitrogen and oxygen atoms in total. The molecular weight excluding hydrogens is 202 g/mol. The molecule has 1 saturated heterocycles. The highest BCUT2D eigenvalue weighted by Gasteiger charge is 2.24. The van der Waals surface area contributed by atoms with Crippen LogP contribution in [-0.2, 0) is 0 Å². The van der Waals surface area contributed by atoms with Gasteiger partial charge in [-0.1, -0.05) is 19.1 Å². The zero-order valence-electron chi connectivity index (χ0n) is 9.52. The third kappa shape index (κ3) is 2.09. The highest BCUT2D eigenvalue weighted by molar-refractivity contribution is 5.87. The van der Waals surface area contributed by atoms with Gasteiger partial charge in [-0.3, -0.25) is 4.90 Å². The molecule has 0 amide bonds. The lowest BCUT2D eigenvalue weighted by atomic mass is 10.0. The van der Waals surface area contributed by atoms with Crippen LogP contribution >= 0.6 is 0 Å². The SMILES string of the molecule is CCN1CCCC1c1cccc(C(=O)O)c1. The van der Waals surface area contributed by atoms with Crippen molar-refractivity contribution in [2.45, 2.75) is 25.8 Å². The van der Waals surface area contributed by atoms with Crippen LogP contribution < -0.4 is 0 Å². The van der Waals surface area contributed by atoms with E-state index in [1.165, 1.54) is 6.42 Å². The fraction of sp³-hybridized carbons (Fsp3) is 0.462. The molecule has 0 saturated carbocycles. The summed E-state index contributed by atoms with van der Waals surface area (Å²) in [6.07, 6.45) is 2.34. The molecule has 0 aliphatic carbocycles. The van der Waals surface area contributed by atoms with Crippen LogP contribution in [0.2, 0.25) is 0 Å². The summed E-state index contributed by atoms with van der Waals surface area (Å²) in [5.41, 5.74) is 1.53. The zero-order chi connectivity index (χ0) is 11.5. The van der Waals surface area contributed by atoms with Crippen molar-refractivity contribution < 1.29 is 9.90 Å². The Labute approximate surface area is 95.7 Å². The van der Waals surface area contributed by atoms with Crippen LogP contribution in [-0.4, -0.2) is 29.1 Å². The van der Waals surface area contributed by atoms with Gasteiger partial charge in [0.15, 0.2) is 0 Å². The second kappa shape index (κ2) is 4.66. The first-order valence-corrected chi connectivity index (χ1v) is 5.79.